The molecule has 0 unspecified atom stereocenters. The number of hydrogen-bond donors (Lipinski definition) is 3. The number of nitrogens with one attached hydrogen (secondary N) is 3. The summed E-state index contributed by atoms with van der Waals surface area (Å²) in [6.07, 6.45) is 0.667. The minimum Gasteiger partial charge on any atom is -0.385 e. The lowest BCUT2D eigenvalue weighted by atomic mass is 10.1. The fourth-order valence-corrected chi connectivity index (χ4v) is 3.40. The van der Waals surface area contributed by atoms with Gasteiger partial charge in [-0.15, -0.1) is 0 Å². The number of amides is 2. The quantitative estimate of drug-likeness (QED) is 0.350. The molecule has 0 radical (unpaired) electrons. The van der Waals surface area contributed by atoms with Gasteiger partial charge in [0.2, 0.25) is 0 Å². The minimum atomic E-state index is -0.306. The maximum atomic E-state index is 12.7. The average Bonchev–Trinajstić information content (AvgIpc) is 2.78. The Bertz CT molecular complexity index is 1190. The van der Waals surface area contributed by atoms with Crippen molar-refractivity contribution in [2.24, 2.45) is 0 Å². The number of ether oxygens (including phenoxy) is 1. The molecule has 2 aromatic carbocycles. The number of aromatic nitrogens is 2. The van der Waals surface area contributed by atoms with Crippen molar-refractivity contribution < 1.29 is 14.3 Å². The van der Waals surface area contributed by atoms with Crippen molar-refractivity contribution in [3.63, 3.8) is 0 Å². The lowest BCUT2D eigenvalue weighted by Gasteiger charge is -2.10. The molecule has 0 saturated carbocycles. The van der Waals surface area contributed by atoms with Crippen LogP contribution in [0.25, 0.3) is 10.9 Å². The summed E-state index contributed by atoms with van der Waals surface area (Å²) in [5.74, 6) is -0.505. The summed E-state index contributed by atoms with van der Waals surface area (Å²) in [5.41, 5.74) is 1.25. The number of carbonyl (C=O) groups is 2. The number of aromatic amines is 1. The lowest BCUT2D eigenvalue weighted by molar-refractivity contribution is 0.0928. The Kier molecular flexibility index (Phi) is 7.69. The summed E-state index contributed by atoms with van der Waals surface area (Å²) in [7, 11) is 1.60. The van der Waals surface area contributed by atoms with Gasteiger partial charge in [0.25, 0.3) is 17.4 Å². The highest BCUT2D eigenvalue weighted by Gasteiger charge is 2.11. The van der Waals surface area contributed by atoms with Crippen LogP contribution in [-0.4, -0.2) is 48.2 Å². The Morgan fingerprint density at radius 1 is 1.03 bits per heavy atom. The first-order chi connectivity index (χ1) is 15.0. The van der Waals surface area contributed by atoms with E-state index in [4.69, 9.17) is 17.0 Å². The molecule has 162 valence electrons. The van der Waals surface area contributed by atoms with Crippen LogP contribution in [0.5, 0.6) is 0 Å². The summed E-state index contributed by atoms with van der Waals surface area (Å²) >= 11 is 5.30. The van der Waals surface area contributed by atoms with Gasteiger partial charge < -0.3 is 20.4 Å². The van der Waals surface area contributed by atoms with Gasteiger partial charge in [-0.2, -0.15) is 0 Å². The fourth-order valence-electron chi connectivity index (χ4n) is 3.11. The summed E-state index contributed by atoms with van der Waals surface area (Å²) in [4.78, 5) is 40.2. The second-order valence-corrected chi connectivity index (χ2v) is 7.26. The Morgan fingerprint density at radius 2 is 1.71 bits per heavy atom. The van der Waals surface area contributed by atoms with E-state index in [0.29, 0.717) is 52.9 Å². The van der Waals surface area contributed by atoms with Crippen molar-refractivity contribution in [3.8, 4) is 0 Å². The standard InChI is InChI=1S/C22H24N4O4S/c1-30-13-5-12-26-21(29)17-9-8-16(14-18(17)25-22(26)31)20(28)24-11-10-23-19(27)15-6-3-2-4-7-15/h2-4,6-9,14H,5,10-13H2,1H3,(H,23,27)(H,24,28)(H,25,31). The lowest BCUT2D eigenvalue weighted by Crippen LogP contribution is -2.34. The number of nitrogens with zero attached hydrogens (tertiary/aromatic N) is 1. The zero-order valence-corrected chi connectivity index (χ0v) is 18.0. The molecular weight excluding hydrogens is 416 g/mol. The SMILES string of the molecule is COCCCn1c(=S)[nH]c2cc(C(=O)NCCNC(=O)c3ccccc3)ccc2c1=O. The van der Waals surface area contributed by atoms with E-state index in [1.54, 1.807) is 49.6 Å². The Morgan fingerprint density at radius 3 is 2.39 bits per heavy atom. The second-order valence-electron chi connectivity index (χ2n) is 6.87. The molecule has 3 N–H and O–H groups in total. The van der Waals surface area contributed by atoms with Gasteiger partial charge in [0.1, 0.15) is 0 Å². The molecule has 3 aromatic rings. The first-order valence-electron chi connectivity index (χ1n) is 9.88. The van der Waals surface area contributed by atoms with Gasteiger partial charge in [0.05, 0.1) is 10.9 Å². The number of H-pyrrole nitrogens is 1. The molecule has 0 atom stereocenters. The predicted octanol–water partition coefficient (Wildman–Crippen LogP) is 2.26. The Balaban J connectivity index is 1.62. The van der Waals surface area contributed by atoms with Gasteiger partial charge in [-0.3, -0.25) is 19.0 Å². The number of methoxy groups -OCH3 is 1. The van der Waals surface area contributed by atoms with Crippen molar-refractivity contribution >= 4 is 34.9 Å². The zero-order chi connectivity index (χ0) is 22.2. The van der Waals surface area contributed by atoms with E-state index in [1.807, 2.05) is 6.07 Å². The summed E-state index contributed by atoms with van der Waals surface area (Å²) in [5, 5.41) is 5.96. The minimum absolute atomic E-state index is 0.199. The molecule has 3 rings (SSSR count). The summed E-state index contributed by atoms with van der Waals surface area (Å²) in [6.45, 7) is 1.55. The van der Waals surface area contributed by atoms with Gasteiger partial charge in [-0.1, -0.05) is 18.2 Å². The van der Waals surface area contributed by atoms with Crippen molar-refractivity contribution in [1.82, 2.24) is 20.2 Å². The number of hydrogen-bond acceptors (Lipinski definition) is 5. The van der Waals surface area contributed by atoms with Gasteiger partial charge in [0.15, 0.2) is 4.77 Å². The highest BCUT2D eigenvalue weighted by molar-refractivity contribution is 7.71. The van der Waals surface area contributed by atoms with E-state index in [0.717, 1.165) is 0 Å². The summed E-state index contributed by atoms with van der Waals surface area (Å²) < 4.78 is 6.81. The number of benzene rings is 2. The van der Waals surface area contributed by atoms with Crippen LogP contribution in [0, 0.1) is 4.77 Å². The molecule has 0 aliphatic carbocycles. The topological polar surface area (TPSA) is 105 Å². The third-order valence-electron chi connectivity index (χ3n) is 4.71. The molecule has 9 heteroatoms. The highest BCUT2D eigenvalue weighted by atomic mass is 32.1. The largest absolute Gasteiger partial charge is 0.385 e. The average molecular weight is 441 g/mol. The van der Waals surface area contributed by atoms with Crippen LogP contribution in [0.3, 0.4) is 0 Å². The number of fused-ring (bicyclic) bond motifs is 1. The van der Waals surface area contributed by atoms with Gasteiger partial charge in [-0.25, -0.2) is 0 Å². The molecule has 1 aromatic heterocycles. The van der Waals surface area contributed by atoms with Crippen molar-refractivity contribution in [2.45, 2.75) is 13.0 Å². The van der Waals surface area contributed by atoms with Crippen LogP contribution in [0.2, 0.25) is 0 Å². The molecule has 0 fully saturated rings. The van der Waals surface area contributed by atoms with Gasteiger partial charge in [0, 0.05) is 44.5 Å². The normalized spacial score (nSPS) is 10.7. The van der Waals surface area contributed by atoms with Crippen molar-refractivity contribution in [2.75, 3.05) is 26.8 Å². The molecule has 8 nitrogen and oxygen atoms in total. The van der Waals surface area contributed by atoms with E-state index in [-0.39, 0.29) is 23.9 Å². The maximum Gasteiger partial charge on any atom is 0.262 e. The van der Waals surface area contributed by atoms with Crippen LogP contribution >= 0.6 is 12.2 Å². The van der Waals surface area contributed by atoms with Gasteiger partial charge in [-0.05, 0) is 49.0 Å². The zero-order valence-electron chi connectivity index (χ0n) is 17.1. The molecule has 2 amide bonds. The fraction of sp³-hybridized carbons (Fsp3) is 0.273. The number of carbonyl (C=O) groups excluding carboxylic acids is 2. The molecule has 0 aliphatic heterocycles. The Labute approximate surface area is 184 Å². The second kappa shape index (κ2) is 10.6. The first kappa shape index (κ1) is 22.4. The van der Waals surface area contributed by atoms with E-state index in [9.17, 15) is 14.4 Å². The smallest absolute Gasteiger partial charge is 0.262 e. The first-order valence-corrected chi connectivity index (χ1v) is 10.3. The van der Waals surface area contributed by atoms with Crippen molar-refractivity contribution in [1.29, 1.82) is 0 Å². The van der Waals surface area contributed by atoms with E-state index >= 15 is 0 Å². The molecule has 0 bridgehead atoms. The van der Waals surface area contributed by atoms with Crippen LogP contribution < -0.4 is 16.2 Å². The molecule has 31 heavy (non-hydrogen) atoms. The Hall–Kier alpha value is -3.30. The maximum absolute atomic E-state index is 12.7. The molecule has 0 saturated heterocycles. The van der Waals surface area contributed by atoms with Crippen LogP contribution in [0.1, 0.15) is 27.1 Å². The van der Waals surface area contributed by atoms with E-state index in [2.05, 4.69) is 15.6 Å². The third kappa shape index (κ3) is 5.65. The molecule has 1 heterocycles. The van der Waals surface area contributed by atoms with Crippen LogP contribution in [-0.2, 0) is 11.3 Å². The monoisotopic (exact) mass is 440 g/mol. The predicted molar refractivity (Wildman–Crippen MR) is 121 cm³/mol. The highest BCUT2D eigenvalue weighted by Crippen LogP contribution is 2.11. The molecule has 0 spiro atoms. The number of rotatable bonds is 9. The van der Waals surface area contributed by atoms with E-state index < -0.39 is 0 Å². The third-order valence-corrected chi connectivity index (χ3v) is 5.03. The van der Waals surface area contributed by atoms with Gasteiger partial charge >= 0.3 is 0 Å². The molecule has 0 aliphatic rings. The summed E-state index contributed by atoms with van der Waals surface area (Å²) in [6, 6.07) is 13.7. The van der Waals surface area contributed by atoms with Crippen LogP contribution in [0.4, 0.5) is 0 Å². The van der Waals surface area contributed by atoms with E-state index in [1.165, 1.54) is 4.57 Å². The van der Waals surface area contributed by atoms with Crippen LogP contribution in [0.15, 0.2) is 53.3 Å². The van der Waals surface area contributed by atoms with Crippen molar-refractivity contribution in [3.05, 3.63) is 74.8 Å². The molecular formula is C22H24N4O4S.